The van der Waals surface area contributed by atoms with Gasteiger partial charge in [-0.2, -0.15) is 0 Å². The molecule has 1 rings (SSSR count). The van der Waals surface area contributed by atoms with E-state index in [0.717, 1.165) is 42.7 Å². The maximum Gasteiger partial charge on any atom is 0.225 e. The van der Waals surface area contributed by atoms with E-state index < -0.39 is 0 Å². The van der Waals surface area contributed by atoms with Gasteiger partial charge in [-0.25, -0.2) is 0 Å². The zero-order valence-corrected chi connectivity index (χ0v) is 13.4. The van der Waals surface area contributed by atoms with Crippen molar-refractivity contribution in [2.75, 3.05) is 26.8 Å². The number of aliphatic hydroxyl groups excluding tert-OH is 1. The summed E-state index contributed by atoms with van der Waals surface area (Å²) >= 11 is 0. The molecule has 0 radical (unpaired) electrons. The lowest BCUT2D eigenvalue weighted by molar-refractivity contribution is -0.130. The fraction of sp³-hybridized carbons (Fsp3) is 0.588. The number of unbranched alkanes of at least 4 members (excludes halogenated alkanes) is 2. The maximum atomic E-state index is 12.0. The average molecular weight is 293 g/mol. The number of ether oxygens (including phenoxy) is 1. The smallest absolute Gasteiger partial charge is 0.225 e. The van der Waals surface area contributed by atoms with Crippen LogP contribution in [0.25, 0.3) is 0 Å². The second-order valence-electron chi connectivity index (χ2n) is 5.42. The Bertz CT molecular complexity index is 425. The van der Waals surface area contributed by atoms with Crippen molar-refractivity contribution in [1.29, 1.82) is 0 Å². The molecule has 0 atom stereocenters. The summed E-state index contributed by atoms with van der Waals surface area (Å²) in [6.07, 6.45) is 3.08. The van der Waals surface area contributed by atoms with E-state index in [1.807, 2.05) is 39.1 Å². The summed E-state index contributed by atoms with van der Waals surface area (Å²) in [5, 5.41) is 8.71. The lowest BCUT2D eigenvalue weighted by Crippen LogP contribution is -2.29. The Morgan fingerprint density at radius 3 is 2.48 bits per heavy atom. The van der Waals surface area contributed by atoms with Crippen LogP contribution in [0.1, 0.15) is 36.8 Å². The molecule has 118 valence electrons. The number of para-hydroxylation sites is 1. The van der Waals surface area contributed by atoms with Crippen molar-refractivity contribution in [3.8, 4) is 5.75 Å². The topological polar surface area (TPSA) is 49.8 Å². The number of nitrogens with zero attached hydrogens (tertiary/aromatic N) is 1. The fourth-order valence-corrected chi connectivity index (χ4v) is 2.22. The molecule has 0 bridgehead atoms. The molecule has 0 spiro atoms. The molecule has 1 aromatic rings. The van der Waals surface area contributed by atoms with Crippen molar-refractivity contribution in [3.05, 3.63) is 29.3 Å². The second-order valence-corrected chi connectivity index (χ2v) is 5.42. The molecule has 0 fully saturated rings. The van der Waals surface area contributed by atoms with Crippen molar-refractivity contribution in [1.82, 2.24) is 4.90 Å². The van der Waals surface area contributed by atoms with Crippen LogP contribution in [0.3, 0.4) is 0 Å². The molecule has 1 N–H and O–H groups in total. The summed E-state index contributed by atoms with van der Waals surface area (Å²) in [5.74, 6) is 0.987. The Morgan fingerprint density at radius 1 is 1.19 bits per heavy atom. The number of carbonyl (C=O) groups excluding carboxylic acids is 1. The van der Waals surface area contributed by atoms with Crippen LogP contribution in [-0.4, -0.2) is 42.7 Å². The Balaban J connectivity index is 2.30. The van der Waals surface area contributed by atoms with E-state index in [0.29, 0.717) is 13.0 Å². The third-order valence-electron chi connectivity index (χ3n) is 3.55. The summed E-state index contributed by atoms with van der Waals surface area (Å²) in [5.41, 5.74) is 2.19. The number of rotatable bonds is 9. The summed E-state index contributed by atoms with van der Waals surface area (Å²) < 4.78 is 5.75. The summed E-state index contributed by atoms with van der Waals surface area (Å²) in [6.45, 7) is 5.39. The Hall–Kier alpha value is -1.55. The standard InChI is InChI=1S/C17H27NO3/c1-14-8-7-9-15(2)17(14)21-13-10-16(20)18(3)11-5-4-6-12-19/h7-9,19H,4-6,10-13H2,1-3H3. The van der Waals surface area contributed by atoms with E-state index in [1.165, 1.54) is 0 Å². The molecule has 0 aliphatic heterocycles. The first kappa shape index (κ1) is 17.5. The molecule has 0 aliphatic carbocycles. The van der Waals surface area contributed by atoms with Crippen LogP contribution in [0.4, 0.5) is 0 Å². The predicted octanol–water partition coefficient (Wildman–Crippen LogP) is 2.69. The van der Waals surface area contributed by atoms with Crippen LogP contribution < -0.4 is 4.74 Å². The van der Waals surface area contributed by atoms with Gasteiger partial charge < -0.3 is 14.7 Å². The normalized spacial score (nSPS) is 10.5. The Labute approximate surface area is 127 Å². The predicted molar refractivity (Wildman–Crippen MR) is 84.6 cm³/mol. The quantitative estimate of drug-likeness (QED) is 0.712. The van der Waals surface area contributed by atoms with Crippen molar-refractivity contribution in [3.63, 3.8) is 0 Å². The lowest BCUT2D eigenvalue weighted by Gasteiger charge is -2.18. The molecule has 1 aromatic carbocycles. The molecule has 0 unspecified atom stereocenters. The largest absolute Gasteiger partial charge is 0.493 e. The molecular weight excluding hydrogens is 266 g/mol. The van der Waals surface area contributed by atoms with Crippen LogP contribution in [0.2, 0.25) is 0 Å². The van der Waals surface area contributed by atoms with Crippen molar-refractivity contribution in [2.24, 2.45) is 0 Å². The fourth-order valence-electron chi connectivity index (χ4n) is 2.22. The van der Waals surface area contributed by atoms with Gasteiger partial charge in [-0.3, -0.25) is 4.79 Å². The van der Waals surface area contributed by atoms with Crippen LogP contribution in [-0.2, 0) is 4.79 Å². The monoisotopic (exact) mass is 293 g/mol. The van der Waals surface area contributed by atoms with Gasteiger partial charge in [0.25, 0.3) is 0 Å². The van der Waals surface area contributed by atoms with E-state index in [9.17, 15) is 4.79 Å². The van der Waals surface area contributed by atoms with Crippen LogP contribution in [0, 0.1) is 13.8 Å². The minimum Gasteiger partial charge on any atom is -0.493 e. The van der Waals surface area contributed by atoms with Gasteiger partial charge in [-0.15, -0.1) is 0 Å². The minimum atomic E-state index is 0.102. The molecule has 1 amide bonds. The zero-order chi connectivity index (χ0) is 15.7. The highest BCUT2D eigenvalue weighted by Crippen LogP contribution is 2.22. The van der Waals surface area contributed by atoms with E-state index in [1.54, 1.807) is 4.90 Å². The zero-order valence-electron chi connectivity index (χ0n) is 13.4. The van der Waals surface area contributed by atoms with Crippen molar-refractivity contribution >= 4 is 5.91 Å². The lowest BCUT2D eigenvalue weighted by atomic mass is 10.1. The number of benzene rings is 1. The van der Waals surface area contributed by atoms with Crippen molar-refractivity contribution < 1.29 is 14.6 Å². The van der Waals surface area contributed by atoms with Gasteiger partial charge in [-0.1, -0.05) is 18.2 Å². The van der Waals surface area contributed by atoms with Crippen LogP contribution in [0.15, 0.2) is 18.2 Å². The Kier molecular flexibility index (Phi) is 7.83. The van der Waals surface area contributed by atoms with E-state index in [-0.39, 0.29) is 12.5 Å². The molecule has 0 aromatic heterocycles. The average Bonchev–Trinajstić information content (AvgIpc) is 2.46. The van der Waals surface area contributed by atoms with E-state index in [4.69, 9.17) is 9.84 Å². The van der Waals surface area contributed by atoms with Gasteiger partial charge in [0.2, 0.25) is 5.91 Å². The highest BCUT2D eigenvalue weighted by molar-refractivity contribution is 5.75. The maximum absolute atomic E-state index is 12.0. The van der Waals surface area contributed by atoms with Gasteiger partial charge >= 0.3 is 0 Å². The number of aryl methyl sites for hydroxylation is 2. The van der Waals surface area contributed by atoms with Crippen LogP contribution >= 0.6 is 0 Å². The first-order chi connectivity index (χ1) is 10.1. The Morgan fingerprint density at radius 2 is 1.86 bits per heavy atom. The van der Waals surface area contributed by atoms with E-state index in [2.05, 4.69) is 0 Å². The van der Waals surface area contributed by atoms with Gasteiger partial charge in [0, 0.05) is 20.2 Å². The highest BCUT2D eigenvalue weighted by atomic mass is 16.5. The molecule has 0 saturated heterocycles. The molecule has 0 aliphatic rings. The van der Waals surface area contributed by atoms with Crippen molar-refractivity contribution in [2.45, 2.75) is 39.5 Å². The summed E-state index contributed by atoms with van der Waals surface area (Å²) in [4.78, 5) is 13.7. The molecular formula is C17H27NO3. The molecule has 4 nitrogen and oxygen atoms in total. The first-order valence-electron chi connectivity index (χ1n) is 7.60. The highest BCUT2D eigenvalue weighted by Gasteiger charge is 2.09. The number of amides is 1. The number of hydrogen-bond donors (Lipinski definition) is 1. The second kappa shape index (κ2) is 9.40. The third-order valence-corrected chi connectivity index (χ3v) is 3.55. The summed E-state index contributed by atoms with van der Waals surface area (Å²) in [6, 6.07) is 6.03. The molecule has 0 heterocycles. The SMILES string of the molecule is Cc1cccc(C)c1OCCC(=O)N(C)CCCCCO. The van der Waals surface area contributed by atoms with Gasteiger partial charge in [0.15, 0.2) is 0 Å². The molecule has 21 heavy (non-hydrogen) atoms. The number of hydrogen-bond acceptors (Lipinski definition) is 3. The first-order valence-corrected chi connectivity index (χ1v) is 7.60. The van der Waals surface area contributed by atoms with Gasteiger partial charge in [0.1, 0.15) is 5.75 Å². The van der Waals surface area contributed by atoms with Gasteiger partial charge in [-0.05, 0) is 44.2 Å². The van der Waals surface area contributed by atoms with Crippen LogP contribution in [0.5, 0.6) is 5.75 Å². The molecule has 0 saturated carbocycles. The molecule has 4 heteroatoms. The van der Waals surface area contributed by atoms with Gasteiger partial charge in [0.05, 0.1) is 13.0 Å². The minimum absolute atomic E-state index is 0.102. The number of carbonyl (C=O) groups is 1. The third kappa shape index (κ3) is 6.17. The number of aliphatic hydroxyl groups is 1. The summed E-state index contributed by atoms with van der Waals surface area (Å²) in [7, 11) is 1.82. The van der Waals surface area contributed by atoms with E-state index >= 15 is 0 Å².